The van der Waals surface area contributed by atoms with Crippen LogP contribution in [-0.4, -0.2) is 6.29 Å². The third kappa shape index (κ3) is 3.34. The lowest BCUT2D eigenvalue weighted by atomic mass is 10.1. The van der Waals surface area contributed by atoms with Gasteiger partial charge in [0.05, 0.1) is 11.6 Å². The Morgan fingerprint density at radius 2 is 2.11 bits per heavy atom. The molecule has 0 fully saturated rings. The normalized spacial score (nSPS) is 9.68. The van der Waals surface area contributed by atoms with Crippen molar-refractivity contribution in [3.05, 3.63) is 64.2 Å². The van der Waals surface area contributed by atoms with Crippen molar-refractivity contribution in [2.24, 2.45) is 0 Å². The lowest BCUT2D eigenvalue weighted by molar-refractivity contribution is 0.112. The Hall–Kier alpha value is -2.31. The SMILES string of the molecule is N#Cc1ccc(COc2cccc(C=O)c2)c(Cl)c1. The topological polar surface area (TPSA) is 50.1 Å². The molecule has 0 radical (unpaired) electrons. The van der Waals surface area contributed by atoms with Crippen molar-refractivity contribution < 1.29 is 9.53 Å². The number of ether oxygens (including phenoxy) is 1. The average Bonchev–Trinajstić information content (AvgIpc) is 2.46. The zero-order valence-electron chi connectivity index (χ0n) is 9.97. The summed E-state index contributed by atoms with van der Waals surface area (Å²) in [4.78, 5) is 10.7. The van der Waals surface area contributed by atoms with E-state index in [0.29, 0.717) is 21.9 Å². The number of aldehydes is 1. The number of hydrogen-bond acceptors (Lipinski definition) is 3. The summed E-state index contributed by atoms with van der Waals surface area (Å²) in [5.74, 6) is 0.602. The van der Waals surface area contributed by atoms with Crippen LogP contribution in [0.25, 0.3) is 0 Å². The molecule has 2 aromatic carbocycles. The van der Waals surface area contributed by atoms with Crippen LogP contribution in [0.4, 0.5) is 0 Å². The highest BCUT2D eigenvalue weighted by atomic mass is 35.5. The summed E-state index contributed by atoms with van der Waals surface area (Å²) in [6.07, 6.45) is 0.765. The van der Waals surface area contributed by atoms with Gasteiger partial charge in [0.25, 0.3) is 0 Å². The number of nitriles is 1. The monoisotopic (exact) mass is 271 g/mol. The predicted octanol–water partition coefficient (Wildman–Crippen LogP) is 3.60. The summed E-state index contributed by atoms with van der Waals surface area (Å²) in [5, 5.41) is 9.24. The van der Waals surface area contributed by atoms with E-state index >= 15 is 0 Å². The van der Waals surface area contributed by atoms with Crippen LogP contribution in [-0.2, 0) is 6.61 Å². The van der Waals surface area contributed by atoms with Crippen LogP contribution in [0.15, 0.2) is 42.5 Å². The minimum Gasteiger partial charge on any atom is -0.489 e. The van der Waals surface area contributed by atoms with Gasteiger partial charge in [0, 0.05) is 16.1 Å². The second kappa shape index (κ2) is 6.03. The molecule has 0 aliphatic heterocycles. The van der Waals surface area contributed by atoms with Gasteiger partial charge < -0.3 is 4.74 Å². The van der Waals surface area contributed by atoms with Crippen molar-refractivity contribution in [3.8, 4) is 11.8 Å². The highest BCUT2D eigenvalue weighted by Crippen LogP contribution is 2.20. The summed E-state index contributed by atoms with van der Waals surface area (Å²) in [6.45, 7) is 0.285. The highest BCUT2D eigenvalue weighted by Gasteiger charge is 2.03. The first-order valence-corrected chi connectivity index (χ1v) is 5.97. The molecule has 4 heteroatoms. The Morgan fingerprint density at radius 1 is 1.26 bits per heavy atom. The van der Waals surface area contributed by atoms with Gasteiger partial charge in [-0.25, -0.2) is 0 Å². The fourth-order valence-electron chi connectivity index (χ4n) is 1.57. The molecule has 0 saturated heterocycles. The van der Waals surface area contributed by atoms with Gasteiger partial charge in [-0.15, -0.1) is 0 Å². The standard InChI is InChI=1S/C15H10ClNO2/c16-15-7-11(8-17)4-5-13(15)10-19-14-3-1-2-12(6-14)9-18/h1-7,9H,10H2. The summed E-state index contributed by atoms with van der Waals surface area (Å²) >= 11 is 6.05. The molecule has 0 spiro atoms. The average molecular weight is 272 g/mol. The first kappa shape index (κ1) is 13.1. The van der Waals surface area contributed by atoms with Gasteiger partial charge in [0.1, 0.15) is 18.6 Å². The van der Waals surface area contributed by atoms with Crippen molar-refractivity contribution in [2.45, 2.75) is 6.61 Å². The van der Waals surface area contributed by atoms with E-state index in [9.17, 15) is 4.79 Å². The molecule has 0 unspecified atom stereocenters. The zero-order valence-corrected chi connectivity index (χ0v) is 10.7. The molecule has 0 saturated carbocycles. The molecule has 0 atom stereocenters. The van der Waals surface area contributed by atoms with Gasteiger partial charge in [-0.2, -0.15) is 5.26 Å². The molecule has 19 heavy (non-hydrogen) atoms. The fourth-order valence-corrected chi connectivity index (χ4v) is 1.81. The van der Waals surface area contributed by atoms with Crippen LogP contribution in [0.3, 0.4) is 0 Å². The quantitative estimate of drug-likeness (QED) is 0.798. The Bertz CT molecular complexity index is 647. The molecule has 0 N–H and O–H groups in total. The smallest absolute Gasteiger partial charge is 0.150 e. The Morgan fingerprint density at radius 3 is 2.79 bits per heavy atom. The van der Waals surface area contributed by atoms with E-state index in [1.807, 2.05) is 6.07 Å². The van der Waals surface area contributed by atoms with E-state index < -0.39 is 0 Å². The van der Waals surface area contributed by atoms with Crippen LogP contribution in [0.2, 0.25) is 5.02 Å². The van der Waals surface area contributed by atoms with Crippen molar-refractivity contribution in [1.29, 1.82) is 5.26 Å². The van der Waals surface area contributed by atoms with Crippen molar-refractivity contribution in [2.75, 3.05) is 0 Å². The van der Waals surface area contributed by atoms with Crippen molar-refractivity contribution >= 4 is 17.9 Å². The van der Waals surface area contributed by atoms with Gasteiger partial charge in [-0.3, -0.25) is 4.79 Å². The molecular weight excluding hydrogens is 262 g/mol. The Kier molecular flexibility index (Phi) is 4.17. The van der Waals surface area contributed by atoms with Gasteiger partial charge in [0.15, 0.2) is 0 Å². The zero-order chi connectivity index (χ0) is 13.7. The predicted molar refractivity (Wildman–Crippen MR) is 72.3 cm³/mol. The third-order valence-corrected chi connectivity index (χ3v) is 2.92. The van der Waals surface area contributed by atoms with Gasteiger partial charge in [-0.05, 0) is 24.3 Å². The number of carbonyl (C=O) groups excluding carboxylic acids is 1. The van der Waals surface area contributed by atoms with Crippen LogP contribution in [0.1, 0.15) is 21.5 Å². The van der Waals surface area contributed by atoms with Crippen LogP contribution < -0.4 is 4.74 Å². The molecule has 2 rings (SSSR count). The van der Waals surface area contributed by atoms with E-state index in [2.05, 4.69) is 0 Å². The van der Waals surface area contributed by atoms with Gasteiger partial charge in [0.2, 0.25) is 0 Å². The largest absolute Gasteiger partial charge is 0.489 e. The number of halogens is 1. The molecule has 0 aromatic heterocycles. The highest BCUT2D eigenvalue weighted by molar-refractivity contribution is 6.31. The number of benzene rings is 2. The molecule has 94 valence electrons. The molecule has 0 amide bonds. The maximum atomic E-state index is 10.7. The van der Waals surface area contributed by atoms with Crippen LogP contribution in [0, 0.1) is 11.3 Å². The first-order chi connectivity index (χ1) is 9.22. The lowest BCUT2D eigenvalue weighted by Gasteiger charge is -2.08. The van der Waals surface area contributed by atoms with Crippen molar-refractivity contribution in [1.82, 2.24) is 0 Å². The van der Waals surface area contributed by atoms with Crippen LogP contribution >= 0.6 is 11.6 Å². The van der Waals surface area contributed by atoms with E-state index in [1.54, 1.807) is 42.5 Å². The van der Waals surface area contributed by atoms with E-state index in [-0.39, 0.29) is 6.61 Å². The van der Waals surface area contributed by atoms with E-state index in [4.69, 9.17) is 21.6 Å². The molecule has 0 heterocycles. The molecule has 0 aliphatic rings. The maximum Gasteiger partial charge on any atom is 0.150 e. The summed E-state index contributed by atoms with van der Waals surface area (Å²) in [5.41, 5.74) is 1.86. The maximum absolute atomic E-state index is 10.7. The summed E-state index contributed by atoms with van der Waals surface area (Å²) in [7, 11) is 0. The second-order valence-electron chi connectivity index (χ2n) is 3.90. The number of hydrogen-bond donors (Lipinski definition) is 0. The molecular formula is C15H10ClNO2. The fraction of sp³-hybridized carbons (Fsp3) is 0.0667. The minimum absolute atomic E-state index is 0.285. The molecule has 0 aliphatic carbocycles. The van der Waals surface area contributed by atoms with E-state index in [1.165, 1.54) is 0 Å². The van der Waals surface area contributed by atoms with Gasteiger partial charge >= 0.3 is 0 Å². The molecule has 0 bridgehead atoms. The molecule has 3 nitrogen and oxygen atoms in total. The third-order valence-electron chi connectivity index (χ3n) is 2.57. The summed E-state index contributed by atoms with van der Waals surface area (Å²) < 4.78 is 5.56. The Balaban J connectivity index is 2.10. The second-order valence-corrected chi connectivity index (χ2v) is 4.30. The number of rotatable bonds is 4. The van der Waals surface area contributed by atoms with E-state index in [0.717, 1.165) is 11.8 Å². The first-order valence-electron chi connectivity index (χ1n) is 5.59. The minimum atomic E-state index is 0.285. The number of nitrogens with zero attached hydrogens (tertiary/aromatic N) is 1. The van der Waals surface area contributed by atoms with Crippen LogP contribution in [0.5, 0.6) is 5.75 Å². The van der Waals surface area contributed by atoms with Crippen molar-refractivity contribution in [3.63, 3.8) is 0 Å². The summed E-state index contributed by atoms with van der Waals surface area (Å²) in [6, 6.07) is 13.9. The Labute approximate surface area is 116 Å². The number of carbonyl (C=O) groups is 1. The molecule has 2 aromatic rings. The van der Waals surface area contributed by atoms with Gasteiger partial charge in [-0.1, -0.05) is 29.8 Å². The lowest BCUT2D eigenvalue weighted by Crippen LogP contribution is -1.97.